The summed E-state index contributed by atoms with van der Waals surface area (Å²) in [4.78, 5) is 22.3. The highest BCUT2D eigenvalue weighted by molar-refractivity contribution is 7.19. The smallest absolute Gasteiger partial charge is 0.257 e. The summed E-state index contributed by atoms with van der Waals surface area (Å²) < 4.78 is 0. The van der Waals surface area contributed by atoms with Gasteiger partial charge in [0.25, 0.3) is 5.91 Å². The lowest BCUT2D eigenvalue weighted by molar-refractivity contribution is -0.112. The summed E-state index contributed by atoms with van der Waals surface area (Å²) in [6.45, 7) is 5.67. The maximum atomic E-state index is 12.4. The van der Waals surface area contributed by atoms with Gasteiger partial charge in [-0.1, -0.05) is 41.7 Å². The number of H-pyrrole nitrogens is 1. The van der Waals surface area contributed by atoms with E-state index >= 15 is 0 Å². The van der Waals surface area contributed by atoms with E-state index in [1.54, 1.807) is 18.3 Å². The average Bonchev–Trinajstić information content (AvgIpc) is 3.38. The topological polar surface area (TPSA) is 83.6 Å². The van der Waals surface area contributed by atoms with E-state index in [9.17, 15) is 4.79 Å². The second-order valence-electron chi connectivity index (χ2n) is 7.09. The maximum Gasteiger partial charge on any atom is 0.257 e. The van der Waals surface area contributed by atoms with Gasteiger partial charge in [0.15, 0.2) is 5.13 Å². The number of fused-ring (bicyclic) bond motifs is 1. The molecule has 6 nitrogen and oxygen atoms in total. The molecule has 0 fully saturated rings. The predicted octanol–water partition coefficient (Wildman–Crippen LogP) is 6.02. The Bertz CT molecular complexity index is 1350. The van der Waals surface area contributed by atoms with Crippen molar-refractivity contribution in [1.82, 2.24) is 20.2 Å². The molecule has 0 saturated carbocycles. The van der Waals surface area contributed by atoms with Crippen LogP contribution in [0.3, 0.4) is 0 Å². The summed E-state index contributed by atoms with van der Waals surface area (Å²) in [5.74, 6) is -0.167. The van der Waals surface area contributed by atoms with Crippen molar-refractivity contribution in [1.29, 1.82) is 0 Å². The third-order valence-electron chi connectivity index (χ3n) is 4.89. The number of aromatic amines is 1. The fraction of sp³-hybridized carbons (Fsp3) is 0.120. The lowest BCUT2D eigenvalue weighted by Gasteiger charge is -2.01. The van der Waals surface area contributed by atoms with Crippen LogP contribution in [0.2, 0.25) is 0 Å². The van der Waals surface area contributed by atoms with Gasteiger partial charge < -0.3 is 0 Å². The van der Waals surface area contributed by atoms with E-state index in [2.05, 4.69) is 37.6 Å². The molecule has 0 aliphatic carbocycles. The van der Waals surface area contributed by atoms with E-state index in [1.807, 2.05) is 63.3 Å². The number of rotatable bonds is 6. The summed E-state index contributed by atoms with van der Waals surface area (Å²) in [5, 5.41) is 12.0. The van der Waals surface area contributed by atoms with Crippen molar-refractivity contribution in [3.05, 3.63) is 83.5 Å². The largest absolute Gasteiger partial charge is 0.298 e. The number of hydrogen-bond donors (Lipinski definition) is 2. The number of nitrogens with one attached hydrogen (secondary N) is 2. The van der Waals surface area contributed by atoms with Gasteiger partial charge in [-0.2, -0.15) is 5.10 Å². The SMILES string of the molecule is C/C=C\C(=C/C)C(=O)Nc1nc(C)c(-c2ccc3c(/C=C/c4ccccn4)n[nH]c3c2)s1. The Morgan fingerprint density at radius 3 is 2.78 bits per heavy atom. The Morgan fingerprint density at radius 1 is 1.16 bits per heavy atom. The minimum Gasteiger partial charge on any atom is -0.298 e. The molecule has 0 spiro atoms. The van der Waals surface area contributed by atoms with Gasteiger partial charge in [-0.25, -0.2) is 4.98 Å². The molecule has 1 aromatic carbocycles. The first kappa shape index (κ1) is 21.4. The average molecular weight is 442 g/mol. The van der Waals surface area contributed by atoms with E-state index in [-0.39, 0.29) is 5.91 Å². The second kappa shape index (κ2) is 9.53. The van der Waals surface area contributed by atoms with Gasteiger partial charge in [0.2, 0.25) is 0 Å². The van der Waals surface area contributed by atoms with E-state index in [0.29, 0.717) is 10.7 Å². The van der Waals surface area contributed by atoms with Crippen LogP contribution in [-0.4, -0.2) is 26.1 Å². The fourth-order valence-electron chi connectivity index (χ4n) is 3.32. The molecule has 1 amide bonds. The molecule has 7 heteroatoms. The number of aromatic nitrogens is 4. The Balaban J connectivity index is 1.58. The number of aryl methyl sites for hydroxylation is 1. The molecule has 0 saturated heterocycles. The zero-order chi connectivity index (χ0) is 22.5. The Morgan fingerprint density at radius 2 is 2.03 bits per heavy atom. The van der Waals surface area contributed by atoms with E-state index < -0.39 is 0 Å². The van der Waals surface area contributed by atoms with Crippen LogP contribution in [0.5, 0.6) is 0 Å². The molecular formula is C25H23N5OS. The van der Waals surface area contributed by atoms with Crippen LogP contribution in [0.1, 0.15) is 30.9 Å². The lowest BCUT2D eigenvalue weighted by atomic mass is 10.1. The first-order valence-corrected chi connectivity index (χ1v) is 11.1. The molecule has 160 valence electrons. The number of amides is 1. The number of carbonyl (C=O) groups excluding carboxylic acids is 1. The van der Waals surface area contributed by atoms with Gasteiger partial charge >= 0.3 is 0 Å². The predicted molar refractivity (Wildman–Crippen MR) is 132 cm³/mol. The molecule has 32 heavy (non-hydrogen) atoms. The first-order chi connectivity index (χ1) is 15.6. The number of nitrogens with zero attached hydrogens (tertiary/aromatic N) is 3. The van der Waals surface area contributed by atoms with E-state index in [4.69, 9.17) is 0 Å². The number of pyridine rings is 1. The second-order valence-corrected chi connectivity index (χ2v) is 8.09. The molecule has 0 unspecified atom stereocenters. The van der Waals surface area contributed by atoms with Crippen LogP contribution in [0, 0.1) is 6.92 Å². The van der Waals surface area contributed by atoms with Crippen molar-refractivity contribution in [3.8, 4) is 10.4 Å². The minimum atomic E-state index is -0.167. The molecular weight excluding hydrogens is 418 g/mol. The van der Waals surface area contributed by atoms with Gasteiger partial charge in [0.1, 0.15) is 0 Å². The van der Waals surface area contributed by atoms with E-state index in [0.717, 1.165) is 38.4 Å². The van der Waals surface area contributed by atoms with Crippen LogP contribution in [0.15, 0.2) is 66.4 Å². The molecule has 0 aliphatic heterocycles. The van der Waals surface area contributed by atoms with Gasteiger partial charge in [0, 0.05) is 17.2 Å². The maximum absolute atomic E-state index is 12.4. The third-order valence-corrected chi connectivity index (χ3v) is 6.01. The van der Waals surface area contributed by atoms with Gasteiger partial charge in [-0.05, 0) is 62.8 Å². The standard InChI is InChI=1S/C25H23N5OS/c1-4-8-17(5-2)24(31)28-25-27-16(3)23(32-25)18-10-12-20-21(29-30-22(20)15-18)13-11-19-9-6-7-14-26-19/h4-15H,1-3H3,(H,29,30)(H,27,28,31)/b8-4-,13-11+,17-5+. The highest BCUT2D eigenvalue weighted by Gasteiger charge is 2.14. The highest BCUT2D eigenvalue weighted by atomic mass is 32.1. The zero-order valence-corrected chi connectivity index (χ0v) is 18.9. The Labute approximate surface area is 190 Å². The molecule has 3 aromatic heterocycles. The number of carbonyl (C=O) groups is 1. The number of benzene rings is 1. The van der Waals surface area contributed by atoms with Crippen molar-refractivity contribution in [2.24, 2.45) is 0 Å². The Hall–Kier alpha value is -3.84. The molecule has 0 bridgehead atoms. The summed E-state index contributed by atoms with van der Waals surface area (Å²) >= 11 is 1.46. The first-order valence-electron chi connectivity index (χ1n) is 10.2. The summed E-state index contributed by atoms with van der Waals surface area (Å²) in [6, 6.07) is 12.0. The molecule has 4 aromatic rings. The lowest BCUT2D eigenvalue weighted by Crippen LogP contribution is -2.12. The monoisotopic (exact) mass is 441 g/mol. The Kier molecular flexibility index (Phi) is 6.37. The van der Waals surface area contributed by atoms with Crippen LogP contribution in [-0.2, 0) is 4.79 Å². The molecule has 0 radical (unpaired) electrons. The van der Waals surface area contributed by atoms with Crippen molar-refractivity contribution in [2.75, 3.05) is 5.32 Å². The molecule has 0 aliphatic rings. The zero-order valence-electron chi connectivity index (χ0n) is 18.1. The summed E-state index contributed by atoms with van der Waals surface area (Å²) in [6.07, 6.45) is 11.1. The van der Waals surface area contributed by atoms with Crippen molar-refractivity contribution in [2.45, 2.75) is 20.8 Å². The van der Waals surface area contributed by atoms with Crippen molar-refractivity contribution >= 4 is 45.4 Å². The summed E-state index contributed by atoms with van der Waals surface area (Å²) in [7, 11) is 0. The quantitative estimate of drug-likeness (QED) is 0.283. The van der Waals surface area contributed by atoms with Crippen molar-refractivity contribution in [3.63, 3.8) is 0 Å². The summed E-state index contributed by atoms with van der Waals surface area (Å²) in [5.41, 5.74) is 5.17. The van der Waals surface area contributed by atoms with Crippen LogP contribution < -0.4 is 5.32 Å². The number of allylic oxidation sites excluding steroid dienone is 2. The van der Waals surface area contributed by atoms with Crippen LogP contribution in [0.4, 0.5) is 5.13 Å². The number of anilines is 1. The van der Waals surface area contributed by atoms with Crippen LogP contribution >= 0.6 is 11.3 Å². The molecule has 2 N–H and O–H groups in total. The third kappa shape index (κ3) is 4.58. The minimum absolute atomic E-state index is 0.167. The van der Waals surface area contributed by atoms with Crippen molar-refractivity contribution < 1.29 is 4.79 Å². The van der Waals surface area contributed by atoms with Gasteiger partial charge in [-0.15, -0.1) is 0 Å². The number of thiazole rings is 1. The van der Waals surface area contributed by atoms with Gasteiger partial charge in [-0.3, -0.25) is 20.2 Å². The van der Waals surface area contributed by atoms with Crippen LogP contribution in [0.25, 0.3) is 33.5 Å². The molecule has 4 rings (SSSR count). The van der Waals surface area contributed by atoms with Gasteiger partial charge in [0.05, 0.1) is 27.5 Å². The van der Waals surface area contributed by atoms with E-state index in [1.165, 1.54) is 11.3 Å². The number of hydrogen-bond acceptors (Lipinski definition) is 5. The fourth-order valence-corrected chi connectivity index (χ4v) is 4.28. The molecule has 3 heterocycles. The normalized spacial score (nSPS) is 12.3. The highest BCUT2D eigenvalue weighted by Crippen LogP contribution is 2.34. The molecule has 0 atom stereocenters.